The Morgan fingerprint density at radius 2 is 2.13 bits per heavy atom. The molecule has 0 bridgehead atoms. The first kappa shape index (κ1) is 11.1. The van der Waals surface area contributed by atoms with Crippen molar-refractivity contribution < 1.29 is 9.53 Å². The van der Waals surface area contributed by atoms with Crippen LogP contribution >= 0.6 is 0 Å². The van der Waals surface area contributed by atoms with E-state index in [1.165, 1.54) is 13.3 Å². The number of rotatable bonds is 5. The fraction of sp³-hybridized carbons (Fsp3) is 0.182. The zero-order valence-corrected chi connectivity index (χ0v) is 8.57. The van der Waals surface area contributed by atoms with Crippen molar-refractivity contribution in [3.63, 3.8) is 0 Å². The minimum atomic E-state index is -0.585. The lowest BCUT2D eigenvalue weighted by Gasteiger charge is -2.03. The van der Waals surface area contributed by atoms with Crippen molar-refractivity contribution in [2.24, 2.45) is 5.73 Å². The van der Waals surface area contributed by atoms with Crippen molar-refractivity contribution in [1.29, 1.82) is 0 Å². The van der Waals surface area contributed by atoms with Gasteiger partial charge in [-0.1, -0.05) is 30.3 Å². The van der Waals surface area contributed by atoms with Gasteiger partial charge in [0.1, 0.15) is 0 Å². The third-order valence-electron chi connectivity index (χ3n) is 1.84. The average Bonchev–Trinajstić information content (AvgIpc) is 2.25. The summed E-state index contributed by atoms with van der Waals surface area (Å²) >= 11 is 0. The van der Waals surface area contributed by atoms with Gasteiger partial charge < -0.3 is 15.8 Å². The van der Waals surface area contributed by atoms with Crippen LogP contribution in [-0.2, 0) is 16.1 Å². The fourth-order valence-electron chi connectivity index (χ4n) is 1.09. The van der Waals surface area contributed by atoms with Gasteiger partial charge in [0.15, 0.2) is 5.76 Å². The summed E-state index contributed by atoms with van der Waals surface area (Å²) < 4.78 is 4.77. The SMILES string of the molecule is CO/C(=C/NCc1ccccc1)C(N)=O. The van der Waals surface area contributed by atoms with Gasteiger partial charge in [-0.2, -0.15) is 0 Å². The number of nitrogens with two attached hydrogens (primary N) is 1. The van der Waals surface area contributed by atoms with Gasteiger partial charge in [0.2, 0.25) is 0 Å². The van der Waals surface area contributed by atoms with Crippen LogP contribution in [0.3, 0.4) is 0 Å². The summed E-state index contributed by atoms with van der Waals surface area (Å²) in [5.74, 6) is -0.469. The summed E-state index contributed by atoms with van der Waals surface area (Å²) in [5, 5.41) is 2.95. The van der Waals surface area contributed by atoms with Crippen LogP contribution in [0.15, 0.2) is 42.3 Å². The minimum absolute atomic E-state index is 0.117. The van der Waals surface area contributed by atoms with Gasteiger partial charge in [-0.15, -0.1) is 0 Å². The number of carbonyl (C=O) groups excluding carboxylic acids is 1. The molecule has 0 heterocycles. The topological polar surface area (TPSA) is 64.3 Å². The van der Waals surface area contributed by atoms with Crippen molar-refractivity contribution in [1.82, 2.24) is 5.32 Å². The predicted molar refractivity (Wildman–Crippen MR) is 57.6 cm³/mol. The number of carbonyl (C=O) groups is 1. The zero-order valence-electron chi connectivity index (χ0n) is 8.57. The van der Waals surface area contributed by atoms with Crippen LogP contribution < -0.4 is 11.1 Å². The molecule has 0 radical (unpaired) electrons. The molecule has 0 atom stereocenters. The summed E-state index contributed by atoms with van der Waals surface area (Å²) in [6, 6.07) is 9.82. The summed E-state index contributed by atoms with van der Waals surface area (Å²) in [5.41, 5.74) is 6.17. The number of ether oxygens (including phenoxy) is 1. The molecule has 1 rings (SSSR count). The second-order valence-corrected chi connectivity index (χ2v) is 2.94. The minimum Gasteiger partial charge on any atom is -0.490 e. The van der Waals surface area contributed by atoms with E-state index in [2.05, 4.69) is 5.32 Å². The summed E-state index contributed by atoms with van der Waals surface area (Å²) in [4.78, 5) is 10.8. The summed E-state index contributed by atoms with van der Waals surface area (Å²) in [6.45, 7) is 0.626. The monoisotopic (exact) mass is 206 g/mol. The average molecular weight is 206 g/mol. The third-order valence-corrected chi connectivity index (χ3v) is 1.84. The number of hydrogen-bond acceptors (Lipinski definition) is 3. The second kappa shape index (κ2) is 5.70. The molecule has 1 amide bonds. The Kier molecular flexibility index (Phi) is 4.22. The van der Waals surface area contributed by atoms with Gasteiger partial charge in [-0.05, 0) is 5.56 Å². The van der Waals surface area contributed by atoms with Crippen LogP contribution in [0.25, 0.3) is 0 Å². The molecule has 4 heteroatoms. The lowest BCUT2D eigenvalue weighted by atomic mass is 10.2. The number of benzene rings is 1. The van der Waals surface area contributed by atoms with E-state index in [4.69, 9.17) is 10.5 Å². The molecule has 0 saturated carbocycles. The lowest BCUT2D eigenvalue weighted by molar-refractivity contribution is -0.117. The van der Waals surface area contributed by atoms with Crippen molar-refractivity contribution >= 4 is 5.91 Å². The molecular weight excluding hydrogens is 192 g/mol. The normalized spacial score (nSPS) is 10.9. The van der Waals surface area contributed by atoms with E-state index < -0.39 is 5.91 Å². The Morgan fingerprint density at radius 3 is 2.67 bits per heavy atom. The first-order valence-electron chi connectivity index (χ1n) is 4.55. The van der Waals surface area contributed by atoms with Gasteiger partial charge in [-0.25, -0.2) is 0 Å². The Hall–Kier alpha value is -1.97. The smallest absolute Gasteiger partial charge is 0.285 e. The second-order valence-electron chi connectivity index (χ2n) is 2.94. The molecule has 0 fully saturated rings. The van der Waals surface area contributed by atoms with E-state index in [0.29, 0.717) is 6.54 Å². The lowest BCUT2D eigenvalue weighted by Crippen LogP contribution is -2.18. The highest BCUT2D eigenvalue weighted by atomic mass is 16.5. The van der Waals surface area contributed by atoms with Crippen LogP contribution in [-0.4, -0.2) is 13.0 Å². The van der Waals surface area contributed by atoms with E-state index in [-0.39, 0.29) is 5.76 Å². The third kappa shape index (κ3) is 3.72. The van der Waals surface area contributed by atoms with Gasteiger partial charge in [0, 0.05) is 12.7 Å². The van der Waals surface area contributed by atoms with Gasteiger partial charge >= 0.3 is 0 Å². The first-order valence-corrected chi connectivity index (χ1v) is 4.55. The molecule has 0 aromatic heterocycles. The van der Waals surface area contributed by atoms with E-state index >= 15 is 0 Å². The molecule has 0 aliphatic carbocycles. The highest BCUT2D eigenvalue weighted by molar-refractivity contribution is 5.89. The van der Waals surface area contributed by atoms with Crippen molar-refractivity contribution in [2.45, 2.75) is 6.54 Å². The summed E-state index contributed by atoms with van der Waals surface area (Å²) in [6.07, 6.45) is 1.47. The van der Waals surface area contributed by atoms with Crippen LogP contribution in [0, 0.1) is 0 Å². The number of hydrogen-bond donors (Lipinski definition) is 2. The quantitative estimate of drug-likeness (QED) is 0.552. The molecule has 4 nitrogen and oxygen atoms in total. The van der Waals surface area contributed by atoms with Crippen LogP contribution in [0.1, 0.15) is 5.56 Å². The maximum Gasteiger partial charge on any atom is 0.285 e. The highest BCUT2D eigenvalue weighted by Crippen LogP contribution is 1.98. The molecule has 0 saturated heterocycles. The molecule has 0 aliphatic heterocycles. The first-order chi connectivity index (χ1) is 7.24. The fourth-order valence-corrected chi connectivity index (χ4v) is 1.09. The Labute approximate surface area is 88.7 Å². The Balaban J connectivity index is 2.48. The van der Waals surface area contributed by atoms with Crippen molar-refractivity contribution in [3.8, 4) is 0 Å². The molecule has 15 heavy (non-hydrogen) atoms. The highest BCUT2D eigenvalue weighted by Gasteiger charge is 2.02. The largest absolute Gasteiger partial charge is 0.490 e. The molecule has 3 N–H and O–H groups in total. The van der Waals surface area contributed by atoms with Crippen LogP contribution in [0.2, 0.25) is 0 Å². The van der Waals surface area contributed by atoms with Crippen molar-refractivity contribution in [3.05, 3.63) is 47.9 Å². The maximum absolute atomic E-state index is 10.8. The van der Waals surface area contributed by atoms with Gasteiger partial charge in [-0.3, -0.25) is 4.79 Å². The van der Waals surface area contributed by atoms with E-state index in [1.807, 2.05) is 30.3 Å². The van der Waals surface area contributed by atoms with Crippen LogP contribution in [0.4, 0.5) is 0 Å². The standard InChI is InChI=1S/C11H14N2O2/c1-15-10(11(12)14)8-13-7-9-5-3-2-4-6-9/h2-6,8,13H,7H2,1H3,(H2,12,14)/b10-8+. The summed E-state index contributed by atoms with van der Waals surface area (Å²) in [7, 11) is 1.40. The number of nitrogens with one attached hydrogen (secondary N) is 1. The molecule has 1 aromatic rings. The maximum atomic E-state index is 10.8. The molecule has 80 valence electrons. The Bertz CT molecular complexity index is 347. The number of amides is 1. The molecular formula is C11H14N2O2. The molecule has 1 aromatic carbocycles. The van der Waals surface area contributed by atoms with Crippen molar-refractivity contribution in [2.75, 3.05) is 7.11 Å². The van der Waals surface area contributed by atoms with E-state index in [1.54, 1.807) is 0 Å². The van der Waals surface area contributed by atoms with Crippen LogP contribution in [0.5, 0.6) is 0 Å². The Morgan fingerprint density at radius 1 is 1.47 bits per heavy atom. The number of methoxy groups -OCH3 is 1. The molecule has 0 spiro atoms. The van der Waals surface area contributed by atoms with E-state index in [0.717, 1.165) is 5.56 Å². The predicted octanol–water partition coefficient (Wildman–Crippen LogP) is 0.749. The van der Waals surface area contributed by atoms with Gasteiger partial charge in [0.25, 0.3) is 5.91 Å². The van der Waals surface area contributed by atoms with Gasteiger partial charge in [0.05, 0.1) is 7.11 Å². The van der Waals surface area contributed by atoms with E-state index in [9.17, 15) is 4.79 Å². The zero-order chi connectivity index (χ0) is 11.1. The molecule has 0 unspecified atom stereocenters. The number of primary amides is 1. The molecule has 0 aliphatic rings.